The van der Waals surface area contributed by atoms with Crippen LogP contribution in [-0.4, -0.2) is 19.2 Å². The third kappa shape index (κ3) is 2.56. The van der Waals surface area contributed by atoms with Gasteiger partial charge in [-0.2, -0.15) is 0 Å². The van der Waals surface area contributed by atoms with Gasteiger partial charge in [0.1, 0.15) is 11.9 Å². The van der Waals surface area contributed by atoms with Crippen LogP contribution < -0.4 is 10.1 Å². The highest BCUT2D eigenvalue weighted by Gasteiger charge is 2.16. The molecule has 1 fully saturated rings. The third-order valence-electron chi connectivity index (χ3n) is 3.18. The van der Waals surface area contributed by atoms with Gasteiger partial charge in [-0.25, -0.2) is 0 Å². The lowest BCUT2D eigenvalue weighted by Crippen LogP contribution is -2.34. The van der Waals surface area contributed by atoms with E-state index in [1.165, 1.54) is 16.7 Å². The summed E-state index contributed by atoms with van der Waals surface area (Å²) in [5.74, 6) is 1.09. The standard InChI is InChI=1S/C14H21NO/c1-10-8-11(2)14(12(3)9-10)16-13-4-6-15-7-5-13/h8-9,13,15H,4-7H2,1-3H3. The number of nitrogens with one attached hydrogen (secondary N) is 1. The van der Waals surface area contributed by atoms with Crippen molar-refractivity contribution in [3.63, 3.8) is 0 Å². The summed E-state index contributed by atoms with van der Waals surface area (Å²) < 4.78 is 6.13. The van der Waals surface area contributed by atoms with Crippen LogP contribution in [0.15, 0.2) is 12.1 Å². The van der Waals surface area contributed by atoms with E-state index in [9.17, 15) is 0 Å². The van der Waals surface area contributed by atoms with Gasteiger partial charge >= 0.3 is 0 Å². The Hall–Kier alpha value is -1.02. The number of hydrogen-bond donors (Lipinski definition) is 1. The van der Waals surface area contributed by atoms with Crippen molar-refractivity contribution in [3.8, 4) is 5.75 Å². The minimum absolute atomic E-state index is 0.390. The van der Waals surface area contributed by atoms with Gasteiger partial charge in [0.25, 0.3) is 0 Å². The number of benzene rings is 1. The zero-order chi connectivity index (χ0) is 11.5. The summed E-state index contributed by atoms with van der Waals surface area (Å²) in [6, 6.07) is 4.40. The maximum absolute atomic E-state index is 6.13. The molecule has 2 nitrogen and oxygen atoms in total. The van der Waals surface area contributed by atoms with Crippen LogP contribution in [0.4, 0.5) is 0 Å². The Morgan fingerprint density at radius 3 is 2.19 bits per heavy atom. The Kier molecular flexibility index (Phi) is 3.49. The van der Waals surface area contributed by atoms with E-state index in [4.69, 9.17) is 4.74 Å². The van der Waals surface area contributed by atoms with E-state index in [0.29, 0.717) is 6.10 Å². The summed E-state index contributed by atoms with van der Waals surface area (Å²) in [5, 5.41) is 3.36. The topological polar surface area (TPSA) is 21.3 Å². The first-order valence-corrected chi connectivity index (χ1v) is 6.12. The van der Waals surface area contributed by atoms with Crippen LogP contribution in [-0.2, 0) is 0 Å². The zero-order valence-electron chi connectivity index (χ0n) is 10.5. The Morgan fingerprint density at radius 1 is 1.06 bits per heavy atom. The molecule has 1 aliphatic heterocycles. The van der Waals surface area contributed by atoms with E-state index in [1.807, 2.05) is 0 Å². The number of aryl methyl sites for hydroxylation is 3. The molecule has 0 amide bonds. The molecule has 1 aliphatic rings. The van der Waals surface area contributed by atoms with Gasteiger partial charge < -0.3 is 10.1 Å². The molecule has 0 unspecified atom stereocenters. The predicted molar refractivity (Wildman–Crippen MR) is 67.2 cm³/mol. The van der Waals surface area contributed by atoms with Gasteiger partial charge in [0.2, 0.25) is 0 Å². The van der Waals surface area contributed by atoms with Gasteiger partial charge in [-0.05, 0) is 57.8 Å². The minimum Gasteiger partial charge on any atom is -0.490 e. The quantitative estimate of drug-likeness (QED) is 0.826. The SMILES string of the molecule is Cc1cc(C)c(OC2CCNCC2)c(C)c1. The number of hydrogen-bond acceptors (Lipinski definition) is 2. The van der Waals surface area contributed by atoms with Crippen LogP contribution in [0.3, 0.4) is 0 Å². The van der Waals surface area contributed by atoms with Crippen molar-refractivity contribution in [2.24, 2.45) is 0 Å². The molecule has 0 atom stereocenters. The Morgan fingerprint density at radius 2 is 1.62 bits per heavy atom. The second-order valence-corrected chi connectivity index (χ2v) is 4.80. The van der Waals surface area contributed by atoms with E-state index >= 15 is 0 Å². The van der Waals surface area contributed by atoms with Crippen molar-refractivity contribution in [1.82, 2.24) is 5.32 Å². The maximum atomic E-state index is 6.13. The fourth-order valence-electron chi connectivity index (χ4n) is 2.43. The van der Waals surface area contributed by atoms with Gasteiger partial charge in [0.05, 0.1) is 0 Å². The summed E-state index contributed by atoms with van der Waals surface area (Å²) in [6.07, 6.45) is 2.63. The lowest BCUT2D eigenvalue weighted by atomic mass is 10.1. The second-order valence-electron chi connectivity index (χ2n) is 4.80. The average molecular weight is 219 g/mol. The monoisotopic (exact) mass is 219 g/mol. The molecule has 88 valence electrons. The van der Waals surface area contributed by atoms with Crippen LogP contribution in [0.25, 0.3) is 0 Å². The Balaban J connectivity index is 2.14. The number of piperidine rings is 1. The van der Waals surface area contributed by atoms with Crippen LogP contribution in [0.5, 0.6) is 5.75 Å². The normalized spacial score (nSPS) is 17.4. The first-order valence-electron chi connectivity index (χ1n) is 6.12. The first-order chi connectivity index (χ1) is 7.66. The largest absolute Gasteiger partial charge is 0.490 e. The smallest absolute Gasteiger partial charge is 0.125 e. The second kappa shape index (κ2) is 4.88. The van der Waals surface area contributed by atoms with Gasteiger partial charge in [-0.3, -0.25) is 0 Å². The molecule has 2 rings (SSSR count). The van der Waals surface area contributed by atoms with Crippen molar-refractivity contribution in [2.45, 2.75) is 39.7 Å². The molecular formula is C14H21NO. The fraction of sp³-hybridized carbons (Fsp3) is 0.571. The maximum Gasteiger partial charge on any atom is 0.125 e. The molecule has 0 radical (unpaired) electrons. The van der Waals surface area contributed by atoms with Crippen molar-refractivity contribution < 1.29 is 4.74 Å². The molecule has 1 aromatic rings. The van der Waals surface area contributed by atoms with Gasteiger partial charge in [-0.1, -0.05) is 17.7 Å². The zero-order valence-corrected chi connectivity index (χ0v) is 10.5. The summed E-state index contributed by atoms with van der Waals surface area (Å²) in [7, 11) is 0. The number of ether oxygens (including phenoxy) is 1. The number of rotatable bonds is 2. The molecule has 0 bridgehead atoms. The summed E-state index contributed by atoms with van der Waals surface area (Å²) >= 11 is 0. The molecule has 2 heteroatoms. The molecule has 0 aromatic heterocycles. The van der Waals surface area contributed by atoms with E-state index in [2.05, 4.69) is 38.2 Å². The van der Waals surface area contributed by atoms with Crippen LogP contribution in [0.1, 0.15) is 29.5 Å². The van der Waals surface area contributed by atoms with Gasteiger partial charge in [0, 0.05) is 0 Å². The molecule has 16 heavy (non-hydrogen) atoms. The van der Waals surface area contributed by atoms with Crippen LogP contribution in [0.2, 0.25) is 0 Å². The average Bonchev–Trinajstić information content (AvgIpc) is 2.25. The van der Waals surface area contributed by atoms with Crippen molar-refractivity contribution in [2.75, 3.05) is 13.1 Å². The molecule has 0 aliphatic carbocycles. The molecule has 0 spiro atoms. The lowest BCUT2D eigenvalue weighted by Gasteiger charge is -2.25. The summed E-state index contributed by atoms with van der Waals surface area (Å²) in [6.45, 7) is 8.56. The van der Waals surface area contributed by atoms with Gasteiger partial charge in [0.15, 0.2) is 0 Å². The van der Waals surface area contributed by atoms with Crippen molar-refractivity contribution in [1.29, 1.82) is 0 Å². The molecule has 1 N–H and O–H groups in total. The summed E-state index contributed by atoms with van der Waals surface area (Å²) in [4.78, 5) is 0. The highest BCUT2D eigenvalue weighted by atomic mass is 16.5. The third-order valence-corrected chi connectivity index (χ3v) is 3.18. The van der Waals surface area contributed by atoms with Crippen LogP contribution >= 0.6 is 0 Å². The van der Waals surface area contributed by atoms with E-state index < -0.39 is 0 Å². The van der Waals surface area contributed by atoms with E-state index in [1.54, 1.807) is 0 Å². The van der Waals surface area contributed by atoms with Crippen molar-refractivity contribution >= 4 is 0 Å². The molecule has 0 saturated carbocycles. The first kappa shape index (κ1) is 11.5. The predicted octanol–water partition coefficient (Wildman–Crippen LogP) is 2.74. The Labute approximate surface area is 98.0 Å². The molecule has 1 heterocycles. The molecule has 1 aromatic carbocycles. The minimum atomic E-state index is 0.390. The highest BCUT2D eigenvalue weighted by molar-refractivity contribution is 5.43. The van der Waals surface area contributed by atoms with E-state index in [-0.39, 0.29) is 0 Å². The van der Waals surface area contributed by atoms with Crippen molar-refractivity contribution in [3.05, 3.63) is 28.8 Å². The molecule has 1 saturated heterocycles. The fourth-order valence-corrected chi connectivity index (χ4v) is 2.43. The lowest BCUT2D eigenvalue weighted by molar-refractivity contribution is 0.160. The highest BCUT2D eigenvalue weighted by Crippen LogP contribution is 2.27. The van der Waals surface area contributed by atoms with Crippen LogP contribution in [0, 0.1) is 20.8 Å². The summed E-state index contributed by atoms with van der Waals surface area (Å²) in [5.41, 5.74) is 3.83. The Bertz CT molecular complexity index is 344. The van der Waals surface area contributed by atoms with Gasteiger partial charge in [-0.15, -0.1) is 0 Å². The molecular weight excluding hydrogens is 198 g/mol. The van der Waals surface area contributed by atoms with E-state index in [0.717, 1.165) is 31.7 Å².